The molecule has 2 aromatic rings. The molecule has 1 aromatic heterocycles. The molecule has 1 amide bonds. The minimum absolute atomic E-state index is 0.0480. The molecule has 0 aliphatic carbocycles. The number of para-hydroxylation sites is 1. The number of hydrogen-bond acceptors (Lipinski definition) is 5. The van der Waals surface area contributed by atoms with Gasteiger partial charge in [-0.05, 0) is 19.2 Å². The molecular weight excluding hydrogens is 232 g/mol. The van der Waals surface area contributed by atoms with E-state index in [-0.39, 0.29) is 5.91 Å². The molecule has 2 rings (SSSR count). The van der Waals surface area contributed by atoms with Gasteiger partial charge in [-0.15, -0.1) is 0 Å². The van der Waals surface area contributed by atoms with Gasteiger partial charge in [0, 0.05) is 7.05 Å². The lowest BCUT2D eigenvalue weighted by atomic mass is 10.3. The summed E-state index contributed by atoms with van der Waals surface area (Å²) < 4.78 is 5.57. The first kappa shape index (κ1) is 12.4. The zero-order valence-corrected chi connectivity index (χ0v) is 10.4. The number of anilines is 1. The van der Waals surface area contributed by atoms with Gasteiger partial charge in [0.1, 0.15) is 5.52 Å². The molecule has 6 heteroatoms. The number of amides is 1. The van der Waals surface area contributed by atoms with E-state index in [0.717, 1.165) is 0 Å². The molecule has 0 atom stereocenters. The Bertz CT molecular complexity index is 564. The quantitative estimate of drug-likeness (QED) is 0.773. The highest BCUT2D eigenvalue weighted by atomic mass is 16.3. The smallest absolute Gasteiger partial charge is 0.233 e. The molecule has 0 saturated carbocycles. The van der Waals surface area contributed by atoms with Crippen LogP contribution in [-0.2, 0) is 11.3 Å². The number of nitrogen functional groups attached to an aromatic ring is 1. The van der Waals surface area contributed by atoms with Crippen molar-refractivity contribution in [3.05, 3.63) is 24.1 Å². The van der Waals surface area contributed by atoms with E-state index in [1.165, 1.54) is 0 Å². The summed E-state index contributed by atoms with van der Waals surface area (Å²) in [6.07, 6.45) is 0. The van der Waals surface area contributed by atoms with Crippen molar-refractivity contribution in [3.8, 4) is 0 Å². The SMILES string of the molecule is CNC(=O)CN(C)Cc1nc2c(N)cccc2o1. The van der Waals surface area contributed by atoms with Crippen LogP contribution in [0.5, 0.6) is 0 Å². The van der Waals surface area contributed by atoms with Crippen LogP contribution in [0.15, 0.2) is 22.6 Å². The van der Waals surface area contributed by atoms with E-state index in [1.54, 1.807) is 13.1 Å². The summed E-state index contributed by atoms with van der Waals surface area (Å²) in [6, 6.07) is 5.42. The Kier molecular flexibility index (Phi) is 3.47. The monoisotopic (exact) mass is 248 g/mol. The minimum Gasteiger partial charge on any atom is -0.439 e. The Morgan fingerprint density at radius 2 is 2.33 bits per heavy atom. The molecule has 0 aliphatic heterocycles. The van der Waals surface area contributed by atoms with E-state index in [9.17, 15) is 4.79 Å². The molecule has 0 fully saturated rings. The van der Waals surface area contributed by atoms with Crippen molar-refractivity contribution in [2.24, 2.45) is 0 Å². The van der Waals surface area contributed by atoms with Crippen molar-refractivity contribution < 1.29 is 9.21 Å². The number of rotatable bonds is 4. The lowest BCUT2D eigenvalue weighted by molar-refractivity contribution is -0.121. The molecule has 0 unspecified atom stereocenters. The van der Waals surface area contributed by atoms with E-state index in [1.807, 2.05) is 24.1 Å². The van der Waals surface area contributed by atoms with Crippen LogP contribution in [-0.4, -0.2) is 36.4 Å². The van der Waals surface area contributed by atoms with E-state index >= 15 is 0 Å². The summed E-state index contributed by atoms with van der Waals surface area (Å²) in [5.41, 5.74) is 7.73. The largest absolute Gasteiger partial charge is 0.439 e. The third kappa shape index (κ3) is 2.60. The first-order chi connectivity index (χ1) is 8.60. The second-order valence-electron chi connectivity index (χ2n) is 4.15. The maximum Gasteiger partial charge on any atom is 0.233 e. The predicted octanol–water partition coefficient (Wildman–Crippen LogP) is 0.588. The number of fused-ring (bicyclic) bond motifs is 1. The van der Waals surface area contributed by atoms with Crippen molar-refractivity contribution >= 4 is 22.7 Å². The number of benzene rings is 1. The average Bonchev–Trinajstić information content (AvgIpc) is 2.72. The third-order valence-electron chi connectivity index (χ3n) is 2.59. The topological polar surface area (TPSA) is 84.4 Å². The number of nitrogens with one attached hydrogen (secondary N) is 1. The number of carbonyl (C=O) groups excluding carboxylic acids is 1. The van der Waals surface area contributed by atoms with Gasteiger partial charge in [0.05, 0.1) is 18.8 Å². The first-order valence-corrected chi connectivity index (χ1v) is 5.63. The summed E-state index contributed by atoms with van der Waals surface area (Å²) in [7, 11) is 3.43. The fourth-order valence-corrected chi connectivity index (χ4v) is 1.69. The molecule has 0 spiro atoms. The van der Waals surface area contributed by atoms with Crippen molar-refractivity contribution in [2.45, 2.75) is 6.54 Å². The summed E-state index contributed by atoms with van der Waals surface area (Å²) in [6.45, 7) is 0.756. The van der Waals surface area contributed by atoms with Gasteiger partial charge in [-0.25, -0.2) is 4.98 Å². The van der Waals surface area contributed by atoms with E-state index in [2.05, 4.69) is 10.3 Å². The first-order valence-electron chi connectivity index (χ1n) is 5.63. The molecule has 3 N–H and O–H groups in total. The fourth-order valence-electron chi connectivity index (χ4n) is 1.69. The zero-order chi connectivity index (χ0) is 13.1. The highest BCUT2D eigenvalue weighted by Gasteiger charge is 2.11. The van der Waals surface area contributed by atoms with Crippen LogP contribution in [0, 0.1) is 0 Å². The van der Waals surface area contributed by atoms with Crippen LogP contribution in [0.2, 0.25) is 0 Å². The highest BCUT2D eigenvalue weighted by molar-refractivity contribution is 5.85. The Morgan fingerprint density at radius 3 is 3.00 bits per heavy atom. The second-order valence-corrected chi connectivity index (χ2v) is 4.15. The Morgan fingerprint density at radius 1 is 1.56 bits per heavy atom. The normalized spacial score (nSPS) is 11.1. The number of hydrogen-bond donors (Lipinski definition) is 2. The van der Waals surface area contributed by atoms with E-state index in [4.69, 9.17) is 10.2 Å². The molecule has 1 aromatic carbocycles. The molecule has 18 heavy (non-hydrogen) atoms. The number of carbonyl (C=O) groups is 1. The summed E-state index contributed by atoms with van der Waals surface area (Å²) in [5, 5.41) is 2.57. The molecule has 0 aliphatic rings. The van der Waals surface area contributed by atoms with Gasteiger partial charge in [-0.2, -0.15) is 0 Å². The van der Waals surface area contributed by atoms with Gasteiger partial charge < -0.3 is 15.5 Å². The maximum absolute atomic E-state index is 11.2. The molecule has 6 nitrogen and oxygen atoms in total. The fraction of sp³-hybridized carbons (Fsp3) is 0.333. The van der Waals surface area contributed by atoms with Crippen LogP contribution in [0.1, 0.15) is 5.89 Å². The van der Waals surface area contributed by atoms with Crippen molar-refractivity contribution in [2.75, 3.05) is 26.4 Å². The average molecular weight is 248 g/mol. The molecule has 0 bridgehead atoms. The second kappa shape index (κ2) is 5.05. The van der Waals surface area contributed by atoms with Crippen LogP contribution in [0.25, 0.3) is 11.1 Å². The molecule has 0 saturated heterocycles. The molecule has 0 radical (unpaired) electrons. The van der Waals surface area contributed by atoms with Crippen LogP contribution < -0.4 is 11.1 Å². The number of oxazole rings is 1. The summed E-state index contributed by atoms with van der Waals surface area (Å²) >= 11 is 0. The van der Waals surface area contributed by atoms with Gasteiger partial charge in [0.25, 0.3) is 0 Å². The van der Waals surface area contributed by atoms with Gasteiger partial charge in [-0.3, -0.25) is 9.69 Å². The van der Waals surface area contributed by atoms with E-state index < -0.39 is 0 Å². The predicted molar refractivity (Wildman–Crippen MR) is 68.8 cm³/mol. The minimum atomic E-state index is -0.0480. The summed E-state index contributed by atoms with van der Waals surface area (Å²) in [5.74, 6) is 0.502. The number of nitrogens with two attached hydrogens (primary N) is 1. The van der Waals surface area contributed by atoms with Gasteiger partial charge in [0.15, 0.2) is 5.58 Å². The standard InChI is InChI=1S/C12H16N4O2/c1-14-10(17)6-16(2)7-11-15-12-8(13)4-3-5-9(12)18-11/h3-5H,6-7,13H2,1-2H3,(H,14,17). The van der Waals surface area contributed by atoms with Crippen LogP contribution in [0.3, 0.4) is 0 Å². The Balaban J connectivity index is 2.12. The van der Waals surface area contributed by atoms with Gasteiger partial charge in [-0.1, -0.05) is 6.07 Å². The van der Waals surface area contributed by atoms with Gasteiger partial charge >= 0.3 is 0 Å². The molecule has 96 valence electrons. The molecular formula is C12H16N4O2. The van der Waals surface area contributed by atoms with Gasteiger partial charge in [0.2, 0.25) is 11.8 Å². The lowest BCUT2D eigenvalue weighted by Crippen LogP contribution is -2.32. The van der Waals surface area contributed by atoms with Crippen molar-refractivity contribution in [3.63, 3.8) is 0 Å². The van der Waals surface area contributed by atoms with Crippen molar-refractivity contribution in [1.29, 1.82) is 0 Å². The Labute approximate surface area is 105 Å². The number of aromatic nitrogens is 1. The number of likely N-dealkylation sites (N-methyl/N-ethyl adjacent to an activating group) is 2. The van der Waals surface area contributed by atoms with E-state index in [0.29, 0.717) is 35.8 Å². The number of nitrogens with zero attached hydrogens (tertiary/aromatic N) is 2. The highest BCUT2D eigenvalue weighted by Crippen LogP contribution is 2.21. The Hall–Kier alpha value is -2.08. The summed E-state index contributed by atoms with van der Waals surface area (Å²) in [4.78, 5) is 17.4. The van der Waals surface area contributed by atoms with Crippen LogP contribution in [0.4, 0.5) is 5.69 Å². The maximum atomic E-state index is 11.2. The van der Waals surface area contributed by atoms with Crippen molar-refractivity contribution in [1.82, 2.24) is 15.2 Å². The lowest BCUT2D eigenvalue weighted by Gasteiger charge is -2.12. The zero-order valence-electron chi connectivity index (χ0n) is 10.4. The molecule has 1 heterocycles. The third-order valence-corrected chi connectivity index (χ3v) is 2.59. The van der Waals surface area contributed by atoms with Crippen LogP contribution >= 0.6 is 0 Å².